The van der Waals surface area contributed by atoms with Crippen molar-refractivity contribution in [1.82, 2.24) is 30.7 Å². The monoisotopic (exact) mass is 548 g/mol. The SMILES string of the molecule is CC(C)(C)NC1(OC(=O)C2(NC(C)(C)C)CCC(=O)N3CCCCN3C2=O)CCC(=O)N2CCCCN2C1=O. The number of fused-ring (bicyclic) bond motifs is 2. The number of nitrogens with zero attached hydrogens (tertiary/aromatic N) is 4. The van der Waals surface area contributed by atoms with Crippen LogP contribution in [0.4, 0.5) is 0 Å². The molecule has 4 amide bonds. The Balaban J connectivity index is 1.78. The summed E-state index contributed by atoms with van der Waals surface area (Å²) in [5.74, 6) is -2.45. The lowest BCUT2D eigenvalue weighted by Crippen LogP contribution is -2.72. The van der Waals surface area contributed by atoms with Gasteiger partial charge < -0.3 is 4.74 Å². The van der Waals surface area contributed by atoms with Gasteiger partial charge in [-0.1, -0.05) is 0 Å². The molecule has 2 unspecified atom stereocenters. The fourth-order valence-corrected chi connectivity index (χ4v) is 6.03. The lowest BCUT2D eigenvalue weighted by molar-refractivity contribution is -0.198. The standard InChI is InChI=1S/C27H44N6O6/c1-24(2,3)28-26(13-11-19(34)30-15-7-9-17-32(30)21(26)36)23(38)39-27(29-25(4,5)6)14-12-20(35)31-16-8-10-18-33(31)22(27)37/h28-29H,7-18H2,1-6H3. The molecule has 4 fully saturated rings. The molecule has 4 rings (SSSR count). The van der Waals surface area contributed by atoms with Crippen LogP contribution in [0.5, 0.6) is 0 Å². The van der Waals surface area contributed by atoms with Crippen molar-refractivity contribution < 1.29 is 28.7 Å². The van der Waals surface area contributed by atoms with Crippen LogP contribution in [0.2, 0.25) is 0 Å². The first-order valence-corrected chi connectivity index (χ1v) is 14.2. The predicted octanol–water partition coefficient (Wildman–Crippen LogP) is 1.06. The second-order valence-electron chi connectivity index (χ2n) is 13.2. The van der Waals surface area contributed by atoms with Gasteiger partial charge in [-0.3, -0.25) is 39.8 Å². The van der Waals surface area contributed by atoms with Crippen molar-refractivity contribution >= 4 is 29.6 Å². The average Bonchev–Trinajstić information content (AvgIpc) is 3.02. The molecule has 2 N–H and O–H groups in total. The summed E-state index contributed by atoms with van der Waals surface area (Å²) in [6.07, 6.45) is 2.75. The first-order valence-electron chi connectivity index (χ1n) is 14.2. The van der Waals surface area contributed by atoms with Crippen molar-refractivity contribution in [2.24, 2.45) is 0 Å². The molecule has 0 bridgehead atoms. The van der Waals surface area contributed by atoms with Gasteiger partial charge >= 0.3 is 11.9 Å². The Kier molecular flexibility index (Phi) is 7.76. The van der Waals surface area contributed by atoms with E-state index in [-0.39, 0.29) is 37.5 Å². The quantitative estimate of drug-likeness (QED) is 0.303. The number of hydrazine groups is 2. The van der Waals surface area contributed by atoms with Gasteiger partial charge in [0.2, 0.25) is 17.5 Å². The van der Waals surface area contributed by atoms with E-state index in [4.69, 9.17) is 4.74 Å². The highest BCUT2D eigenvalue weighted by atomic mass is 16.6. The van der Waals surface area contributed by atoms with Gasteiger partial charge in [0.25, 0.3) is 5.91 Å². The Morgan fingerprint density at radius 3 is 1.59 bits per heavy atom. The number of carbonyl (C=O) groups is 5. The predicted molar refractivity (Wildman–Crippen MR) is 141 cm³/mol. The fraction of sp³-hybridized carbons (Fsp3) is 0.815. The fourth-order valence-electron chi connectivity index (χ4n) is 6.03. The van der Waals surface area contributed by atoms with E-state index in [1.807, 2.05) is 41.5 Å². The normalized spacial score (nSPS) is 29.1. The lowest BCUT2D eigenvalue weighted by Gasteiger charge is -2.46. The molecule has 4 heterocycles. The van der Waals surface area contributed by atoms with Crippen molar-refractivity contribution in [3.8, 4) is 0 Å². The van der Waals surface area contributed by atoms with Crippen LogP contribution in [-0.4, -0.2) is 98.2 Å². The summed E-state index contributed by atoms with van der Waals surface area (Å²) in [7, 11) is 0. The van der Waals surface area contributed by atoms with E-state index in [1.54, 1.807) is 0 Å². The third-order valence-corrected chi connectivity index (χ3v) is 7.50. The maximum Gasteiger partial charge on any atom is 0.338 e. The highest BCUT2D eigenvalue weighted by molar-refractivity contribution is 6.10. The summed E-state index contributed by atoms with van der Waals surface area (Å²) in [5, 5.41) is 12.1. The van der Waals surface area contributed by atoms with E-state index in [9.17, 15) is 24.0 Å². The molecule has 218 valence electrons. The van der Waals surface area contributed by atoms with Gasteiger partial charge in [-0.2, -0.15) is 0 Å². The second kappa shape index (κ2) is 10.3. The molecular formula is C27H44N6O6. The molecule has 2 atom stereocenters. The van der Waals surface area contributed by atoms with Gasteiger partial charge in [0.05, 0.1) is 0 Å². The molecule has 0 aromatic rings. The van der Waals surface area contributed by atoms with E-state index in [2.05, 4.69) is 10.6 Å². The zero-order chi connectivity index (χ0) is 28.8. The molecule has 0 radical (unpaired) electrons. The number of carbonyl (C=O) groups excluding carboxylic acids is 5. The maximum atomic E-state index is 14.4. The number of ether oxygens (including phenoxy) is 1. The summed E-state index contributed by atoms with van der Waals surface area (Å²) < 4.78 is 6.21. The minimum absolute atomic E-state index is 0.00929. The van der Waals surface area contributed by atoms with Gasteiger partial charge in [0.1, 0.15) is 0 Å². The third-order valence-electron chi connectivity index (χ3n) is 7.50. The molecule has 12 nitrogen and oxygen atoms in total. The van der Waals surface area contributed by atoms with E-state index in [0.717, 1.165) is 19.3 Å². The van der Waals surface area contributed by atoms with E-state index >= 15 is 0 Å². The zero-order valence-corrected chi connectivity index (χ0v) is 24.2. The topological polar surface area (TPSA) is 132 Å². The average molecular weight is 549 g/mol. The zero-order valence-electron chi connectivity index (χ0n) is 24.2. The van der Waals surface area contributed by atoms with Crippen LogP contribution in [0, 0.1) is 0 Å². The maximum absolute atomic E-state index is 14.4. The molecule has 0 aromatic carbocycles. The summed E-state index contributed by atoms with van der Waals surface area (Å²) in [4.78, 5) is 68.9. The number of esters is 1. The first kappa shape index (κ1) is 29.3. The molecular weight excluding hydrogens is 504 g/mol. The Morgan fingerprint density at radius 2 is 1.10 bits per heavy atom. The smallest absolute Gasteiger partial charge is 0.338 e. The molecule has 39 heavy (non-hydrogen) atoms. The summed E-state index contributed by atoms with van der Waals surface area (Å²) in [6, 6.07) is 0. The van der Waals surface area contributed by atoms with Crippen LogP contribution in [0.1, 0.15) is 92.9 Å². The summed E-state index contributed by atoms with van der Waals surface area (Å²) >= 11 is 0. The molecule has 0 spiro atoms. The molecule has 4 aliphatic rings. The van der Waals surface area contributed by atoms with E-state index < -0.39 is 40.1 Å². The summed E-state index contributed by atoms with van der Waals surface area (Å²) in [5.41, 5.74) is -5.16. The molecule has 12 heteroatoms. The highest BCUT2D eigenvalue weighted by Gasteiger charge is 2.59. The largest absolute Gasteiger partial charge is 0.432 e. The third kappa shape index (κ3) is 5.77. The van der Waals surface area contributed by atoms with Crippen LogP contribution < -0.4 is 10.6 Å². The Labute approximate surface area is 230 Å². The first-order chi connectivity index (χ1) is 18.1. The van der Waals surface area contributed by atoms with Gasteiger partial charge in [0, 0.05) is 56.5 Å². The lowest BCUT2D eigenvalue weighted by atomic mass is 9.88. The van der Waals surface area contributed by atoms with Crippen molar-refractivity contribution in [2.45, 2.75) is 115 Å². The van der Waals surface area contributed by atoms with Crippen molar-refractivity contribution in [2.75, 3.05) is 26.2 Å². The van der Waals surface area contributed by atoms with Crippen LogP contribution in [0.3, 0.4) is 0 Å². The van der Waals surface area contributed by atoms with Gasteiger partial charge in [-0.25, -0.2) is 14.8 Å². The van der Waals surface area contributed by atoms with Crippen molar-refractivity contribution in [3.05, 3.63) is 0 Å². The number of amides is 4. The number of hydrogen-bond donors (Lipinski definition) is 2. The minimum atomic E-state index is -1.90. The number of hydrogen-bond acceptors (Lipinski definition) is 8. The number of rotatable bonds is 4. The Hall–Kier alpha value is -2.73. The molecule has 0 saturated carbocycles. The van der Waals surface area contributed by atoms with E-state index in [1.165, 1.54) is 20.0 Å². The van der Waals surface area contributed by atoms with Gasteiger partial charge in [-0.05, 0) is 73.6 Å². The van der Waals surface area contributed by atoms with Crippen molar-refractivity contribution in [1.29, 1.82) is 0 Å². The van der Waals surface area contributed by atoms with Crippen molar-refractivity contribution in [3.63, 3.8) is 0 Å². The van der Waals surface area contributed by atoms with Crippen LogP contribution in [0.25, 0.3) is 0 Å². The van der Waals surface area contributed by atoms with E-state index in [0.29, 0.717) is 32.6 Å². The molecule has 4 aliphatic heterocycles. The molecule has 4 saturated heterocycles. The van der Waals surface area contributed by atoms with Gasteiger partial charge in [0.15, 0.2) is 5.54 Å². The Morgan fingerprint density at radius 1 is 0.667 bits per heavy atom. The van der Waals surface area contributed by atoms with Crippen LogP contribution in [-0.2, 0) is 28.7 Å². The highest BCUT2D eigenvalue weighted by Crippen LogP contribution is 2.34. The molecule has 0 aromatic heterocycles. The van der Waals surface area contributed by atoms with Crippen LogP contribution in [0.15, 0.2) is 0 Å². The number of nitrogens with one attached hydrogen (secondary N) is 2. The Bertz CT molecular complexity index is 1030. The van der Waals surface area contributed by atoms with Crippen LogP contribution >= 0.6 is 0 Å². The summed E-state index contributed by atoms with van der Waals surface area (Å²) in [6.45, 7) is 12.5. The second-order valence-corrected chi connectivity index (χ2v) is 13.2. The molecule has 0 aliphatic carbocycles. The minimum Gasteiger partial charge on any atom is -0.432 e. The van der Waals surface area contributed by atoms with Gasteiger partial charge in [-0.15, -0.1) is 0 Å².